The van der Waals surface area contributed by atoms with Crippen LogP contribution >= 0.6 is 0 Å². The van der Waals surface area contributed by atoms with Gasteiger partial charge in [-0.1, -0.05) is 71.8 Å². The summed E-state index contributed by atoms with van der Waals surface area (Å²) in [5.74, 6) is -0.517. The summed E-state index contributed by atoms with van der Waals surface area (Å²) in [6, 6.07) is 0. The van der Waals surface area contributed by atoms with E-state index in [9.17, 15) is 9.90 Å². The van der Waals surface area contributed by atoms with Gasteiger partial charge in [-0.3, -0.25) is 0 Å². The summed E-state index contributed by atoms with van der Waals surface area (Å²) in [6.45, 7) is 11.1. The molecule has 3 atom stereocenters. The van der Waals surface area contributed by atoms with Crippen LogP contribution in [0.2, 0.25) is 0 Å². The van der Waals surface area contributed by atoms with Gasteiger partial charge in [-0.05, 0) is 26.7 Å². The van der Waals surface area contributed by atoms with E-state index >= 15 is 0 Å². The van der Waals surface area contributed by atoms with Gasteiger partial charge in [-0.15, -0.1) is 0 Å². The molecule has 0 aromatic heterocycles. The molecule has 0 saturated heterocycles. The van der Waals surface area contributed by atoms with E-state index in [0.29, 0.717) is 5.57 Å². The molecular weight excluding hydrogens is 304 g/mol. The fraction of sp³-hybridized carbons (Fsp3) is 0.850. The number of hydrogen-bond donors (Lipinski definition) is 1. The number of rotatable bonds is 15. The number of ether oxygens (including phenoxy) is 2. The lowest BCUT2D eigenvalue weighted by molar-refractivity contribution is -0.213. The van der Waals surface area contributed by atoms with Crippen molar-refractivity contribution in [2.75, 3.05) is 0 Å². The van der Waals surface area contributed by atoms with Crippen molar-refractivity contribution in [2.45, 2.75) is 110 Å². The van der Waals surface area contributed by atoms with Crippen LogP contribution in [-0.2, 0) is 14.3 Å². The predicted octanol–water partition coefficient (Wildman–Crippen LogP) is 5.14. The zero-order valence-corrected chi connectivity index (χ0v) is 16.2. The highest BCUT2D eigenvalue weighted by Crippen LogP contribution is 2.19. The first-order chi connectivity index (χ1) is 11.4. The van der Waals surface area contributed by atoms with Gasteiger partial charge >= 0.3 is 5.97 Å². The second kappa shape index (κ2) is 14.5. The van der Waals surface area contributed by atoms with Crippen LogP contribution in [0.3, 0.4) is 0 Å². The van der Waals surface area contributed by atoms with Crippen LogP contribution in [0.15, 0.2) is 12.2 Å². The Morgan fingerprint density at radius 1 is 1.00 bits per heavy atom. The Morgan fingerprint density at radius 3 is 2.00 bits per heavy atom. The number of aliphatic hydroxyl groups excluding tert-OH is 1. The van der Waals surface area contributed by atoms with Gasteiger partial charge in [0, 0.05) is 5.57 Å². The summed E-state index contributed by atoms with van der Waals surface area (Å²) in [4.78, 5) is 11.7. The summed E-state index contributed by atoms with van der Waals surface area (Å²) in [5.41, 5.74) is 0.311. The summed E-state index contributed by atoms with van der Waals surface area (Å²) >= 11 is 0. The monoisotopic (exact) mass is 342 g/mol. The van der Waals surface area contributed by atoms with Gasteiger partial charge in [0.2, 0.25) is 6.29 Å². The molecule has 0 heterocycles. The summed E-state index contributed by atoms with van der Waals surface area (Å²) < 4.78 is 11.2. The molecule has 142 valence electrons. The van der Waals surface area contributed by atoms with Crippen LogP contribution in [0.4, 0.5) is 0 Å². The lowest BCUT2D eigenvalue weighted by Crippen LogP contribution is -2.35. The number of hydrogen-bond acceptors (Lipinski definition) is 4. The summed E-state index contributed by atoms with van der Waals surface area (Å²) in [5, 5.41) is 9.87. The third-order valence-corrected chi connectivity index (χ3v) is 4.05. The standard InChI is InChI=1S/C20H38O4/c1-6-8-10-11-13-15-18(14-12-9-7-2)23-20(17(5)21)24-19(22)16(3)4/h17-18,20-21H,3,6-15H2,1-2,4-5H3. The van der Waals surface area contributed by atoms with E-state index in [0.717, 1.165) is 32.1 Å². The molecule has 0 bridgehead atoms. The van der Waals surface area contributed by atoms with Crippen LogP contribution in [0.1, 0.15) is 91.9 Å². The average molecular weight is 343 g/mol. The van der Waals surface area contributed by atoms with Crippen LogP contribution in [-0.4, -0.2) is 29.6 Å². The first kappa shape index (κ1) is 23.1. The van der Waals surface area contributed by atoms with Crippen molar-refractivity contribution in [3.63, 3.8) is 0 Å². The minimum atomic E-state index is -0.920. The third-order valence-electron chi connectivity index (χ3n) is 4.05. The minimum Gasteiger partial charge on any atom is -0.430 e. The van der Waals surface area contributed by atoms with Crippen molar-refractivity contribution in [3.05, 3.63) is 12.2 Å². The minimum absolute atomic E-state index is 0.0238. The number of aliphatic hydroxyl groups is 1. The molecule has 3 unspecified atom stereocenters. The van der Waals surface area contributed by atoms with Gasteiger partial charge in [0.25, 0.3) is 0 Å². The van der Waals surface area contributed by atoms with Crippen molar-refractivity contribution in [1.29, 1.82) is 0 Å². The molecule has 0 aromatic carbocycles. The quantitative estimate of drug-likeness (QED) is 0.194. The molecule has 0 radical (unpaired) electrons. The molecule has 1 N–H and O–H groups in total. The maximum absolute atomic E-state index is 11.7. The topological polar surface area (TPSA) is 55.8 Å². The molecular formula is C20H38O4. The van der Waals surface area contributed by atoms with Crippen molar-refractivity contribution in [1.82, 2.24) is 0 Å². The van der Waals surface area contributed by atoms with E-state index in [2.05, 4.69) is 20.4 Å². The normalized spacial score (nSPS) is 14.9. The number of carbonyl (C=O) groups excluding carboxylic acids is 1. The number of esters is 1. The van der Waals surface area contributed by atoms with E-state index < -0.39 is 18.4 Å². The largest absolute Gasteiger partial charge is 0.430 e. The van der Waals surface area contributed by atoms with E-state index in [1.54, 1.807) is 13.8 Å². The molecule has 0 aliphatic carbocycles. The van der Waals surface area contributed by atoms with Gasteiger partial charge in [-0.25, -0.2) is 4.79 Å². The maximum atomic E-state index is 11.7. The SMILES string of the molecule is C=C(C)C(=O)OC(OC(CCCCC)CCCCCCC)C(C)O. The molecule has 0 saturated carbocycles. The highest BCUT2D eigenvalue weighted by atomic mass is 16.7. The Kier molecular flexibility index (Phi) is 13.9. The zero-order chi connectivity index (χ0) is 18.4. The van der Waals surface area contributed by atoms with Gasteiger partial charge in [0.15, 0.2) is 0 Å². The van der Waals surface area contributed by atoms with Crippen LogP contribution in [0, 0.1) is 0 Å². The van der Waals surface area contributed by atoms with E-state index in [-0.39, 0.29) is 6.10 Å². The molecule has 0 aliphatic heterocycles. The molecule has 24 heavy (non-hydrogen) atoms. The van der Waals surface area contributed by atoms with Gasteiger partial charge in [0.05, 0.1) is 6.10 Å². The molecule has 4 nitrogen and oxygen atoms in total. The Balaban J connectivity index is 4.52. The summed E-state index contributed by atoms with van der Waals surface area (Å²) in [6.07, 6.45) is 9.62. The van der Waals surface area contributed by atoms with E-state index in [4.69, 9.17) is 9.47 Å². The molecule has 0 aromatic rings. The number of carbonyl (C=O) groups is 1. The third kappa shape index (κ3) is 11.6. The molecule has 0 fully saturated rings. The van der Waals surface area contributed by atoms with Crippen molar-refractivity contribution < 1.29 is 19.4 Å². The van der Waals surface area contributed by atoms with E-state index in [1.165, 1.54) is 32.1 Å². The fourth-order valence-electron chi connectivity index (χ4n) is 2.51. The Hall–Kier alpha value is -0.870. The second-order valence-electron chi connectivity index (χ2n) is 6.75. The van der Waals surface area contributed by atoms with Crippen LogP contribution in [0.5, 0.6) is 0 Å². The zero-order valence-electron chi connectivity index (χ0n) is 16.2. The van der Waals surface area contributed by atoms with E-state index in [1.807, 2.05) is 0 Å². The average Bonchev–Trinajstić information content (AvgIpc) is 2.53. The van der Waals surface area contributed by atoms with Crippen molar-refractivity contribution in [2.24, 2.45) is 0 Å². The van der Waals surface area contributed by atoms with Crippen LogP contribution in [0.25, 0.3) is 0 Å². The highest BCUT2D eigenvalue weighted by Gasteiger charge is 2.24. The first-order valence-electron chi connectivity index (χ1n) is 9.62. The lowest BCUT2D eigenvalue weighted by atomic mass is 10.0. The van der Waals surface area contributed by atoms with Gasteiger partial charge in [-0.2, -0.15) is 0 Å². The molecule has 0 rings (SSSR count). The molecule has 0 spiro atoms. The Bertz CT molecular complexity index is 339. The predicted molar refractivity (Wildman–Crippen MR) is 98.8 cm³/mol. The second-order valence-corrected chi connectivity index (χ2v) is 6.75. The smallest absolute Gasteiger partial charge is 0.335 e. The first-order valence-corrected chi connectivity index (χ1v) is 9.62. The van der Waals surface area contributed by atoms with Gasteiger partial charge in [0.1, 0.15) is 6.10 Å². The summed E-state index contributed by atoms with van der Waals surface area (Å²) in [7, 11) is 0. The molecule has 4 heteroatoms. The van der Waals surface area contributed by atoms with Crippen molar-refractivity contribution >= 4 is 5.97 Å². The van der Waals surface area contributed by atoms with Crippen LogP contribution < -0.4 is 0 Å². The highest BCUT2D eigenvalue weighted by molar-refractivity contribution is 5.87. The Labute approximate surface area is 148 Å². The number of unbranched alkanes of at least 4 members (excludes halogenated alkanes) is 6. The fourth-order valence-corrected chi connectivity index (χ4v) is 2.51. The lowest BCUT2D eigenvalue weighted by Gasteiger charge is -2.27. The molecule has 0 amide bonds. The van der Waals surface area contributed by atoms with Crippen molar-refractivity contribution in [3.8, 4) is 0 Å². The maximum Gasteiger partial charge on any atom is 0.335 e. The Morgan fingerprint density at radius 2 is 1.50 bits per heavy atom. The van der Waals surface area contributed by atoms with Gasteiger partial charge < -0.3 is 14.6 Å². The molecule has 0 aliphatic rings.